The summed E-state index contributed by atoms with van der Waals surface area (Å²) in [5.41, 5.74) is 0.844. The van der Waals surface area contributed by atoms with Crippen molar-refractivity contribution in [3.8, 4) is 5.75 Å². The van der Waals surface area contributed by atoms with E-state index >= 15 is 0 Å². The number of hydrogen-bond acceptors (Lipinski definition) is 6. The number of hydrogen-bond donors (Lipinski definition) is 1. The Hall–Kier alpha value is -2.75. The van der Waals surface area contributed by atoms with Gasteiger partial charge in [-0.25, -0.2) is 9.97 Å². The van der Waals surface area contributed by atoms with Gasteiger partial charge in [0.25, 0.3) is 0 Å². The highest BCUT2D eigenvalue weighted by molar-refractivity contribution is 8.00. The fraction of sp³-hybridized carbons (Fsp3) is 0.200. The molecule has 2 aromatic heterocycles. The Bertz CT molecular complexity index is 903. The lowest BCUT2D eigenvalue weighted by molar-refractivity contribution is -0.113. The first kappa shape index (κ1) is 17.1. The molecule has 0 atom stereocenters. The zero-order valence-electron chi connectivity index (χ0n) is 13.0. The van der Waals surface area contributed by atoms with Crippen LogP contribution in [0.25, 0.3) is 11.0 Å². The van der Waals surface area contributed by atoms with Crippen molar-refractivity contribution < 1.29 is 18.3 Å². The van der Waals surface area contributed by atoms with Crippen molar-refractivity contribution in [1.29, 1.82) is 0 Å². The highest BCUT2D eigenvalue weighted by Gasteiger charge is 2.13. The van der Waals surface area contributed by atoms with Gasteiger partial charge in [-0.3, -0.25) is 9.48 Å². The molecular weight excluding hydrogens is 352 g/mol. The van der Waals surface area contributed by atoms with Gasteiger partial charge in [-0.15, -0.1) is 0 Å². The minimum atomic E-state index is -2.97. The van der Waals surface area contributed by atoms with Crippen molar-refractivity contribution >= 4 is 34.4 Å². The Labute approximate surface area is 145 Å². The molecule has 0 fully saturated rings. The second kappa shape index (κ2) is 7.43. The molecule has 25 heavy (non-hydrogen) atoms. The van der Waals surface area contributed by atoms with Crippen LogP contribution in [0, 0.1) is 0 Å². The van der Waals surface area contributed by atoms with Gasteiger partial charge in [-0.1, -0.05) is 23.9 Å². The Morgan fingerprint density at radius 2 is 2.16 bits per heavy atom. The van der Waals surface area contributed by atoms with Gasteiger partial charge < -0.3 is 10.1 Å². The zero-order chi connectivity index (χ0) is 17.8. The number of carbonyl (C=O) groups excluding carboxylic acids is 1. The fourth-order valence-corrected chi connectivity index (χ4v) is 2.91. The summed E-state index contributed by atoms with van der Waals surface area (Å²) in [5.74, 6) is -0.414. The number of carbonyl (C=O) groups is 1. The molecule has 0 bridgehead atoms. The van der Waals surface area contributed by atoms with Gasteiger partial charge in [-0.2, -0.15) is 13.9 Å². The Kier molecular flexibility index (Phi) is 5.08. The van der Waals surface area contributed by atoms with Crippen LogP contribution in [0.4, 0.5) is 14.5 Å². The highest BCUT2D eigenvalue weighted by Crippen LogP contribution is 2.27. The maximum Gasteiger partial charge on any atom is 0.387 e. The number of thioether (sulfide) groups is 1. The fourth-order valence-electron chi connectivity index (χ4n) is 2.14. The topological polar surface area (TPSA) is 81.9 Å². The third-order valence-electron chi connectivity index (χ3n) is 3.21. The van der Waals surface area contributed by atoms with Gasteiger partial charge in [0.2, 0.25) is 5.91 Å². The highest BCUT2D eigenvalue weighted by atomic mass is 32.2. The number of rotatable bonds is 6. The number of nitrogens with one attached hydrogen (secondary N) is 1. The number of aryl methyl sites for hydroxylation is 1. The average molecular weight is 365 g/mol. The van der Waals surface area contributed by atoms with E-state index in [1.165, 1.54) is 30.2 Å². The second-order valence-corrected chi connectivity index (χ2v) is 5.86. The van der Waals surface area contributed by atoms with Crippen LogP contribution in [0.1, 0.15) is 0 Å². The molecule has 0 saturated heterocycles. The van der Waals surface area contributed by atoms with Crippen molar-refractivity contribution in [2.24, 2.45) is 7.05 Å². The van der Waals surface area contributed by atoms with Gasteiger partial charge in [0.05, 0.1) is 23.0 Å². The maximum absolute atomic E-state index is 12.4. The molecule has 1 N–H and O–H groups in total. The first-order chi connectivity index (χ1) is 12.0. The van der Waals surface area contributed by atoms with Crippen LogP contribution < -0.4 is 10.1 Å². The number of anilines is 1. The molecule has 1 aromatic carbocycles. The van der Waals surface area contributed by atoms with E-state index in [1.807, 2.05) is 0 Å². The monoisotopic (exact) mass is 365 g/mol. The Balaban J connectivity index is 1.67. The van der Waals surface area contributed by atoms with Crippen molar-refractivity contribution in [1.82, 2.24) is 19.7 Å². The van der Waals surface area contributed by atoms with Gasteiger partial charge in [0.15, 0.2) is 5.65 Å². The van der Waals surface area contributed by atoms with Crippen LogP contribution in [0.5, 0.6) is 5.75 Å². The lowest BCUT2D eigenvalue weighted by atomic mass is 10.3. The van der Waals surface area contributed by atoms with Crippen molar-refractivity contribution in [2.75, 3.05) is 11.1 Å². The molecule has 0 aliphatic heterocycles. The largest absolute Gasteiger partial charge is 0.433 e. The minimum absolute atomic E-state index is 0.0457. The summed E-state index contributed by atoms with van der Waals surface area (Å²) in [6.07, 6.45) is 3.03. The first-order valence-corrected chi connectivity index (χ1v) is 8.12. The minimum Gasteiger partial charge on any atom is -0.433 e. The molecule has 0 saturated carbocycles. The molecule has 10 heteroatoms. The molecule has 130 valence electrons. The summed E-state index contributed by atoms with van der Waals surface area (Å²) in [4.78, 5) is 20.4. The third kappa shape index (κ3) is 4.02. The molecule has 3 aromatic rings. The van der Waals surface area contributed by atoms with E-state index in [2.05, 4.69) is 25.1 Å². The van der Waals surface area contributed by atoms with Crippen molar-refractivity contribution in [3.63, 3.8) is 0 Å². The number of nitrogens with zero attached hydrogens (tertiary/aromatic N) is 4. The summed E-state index contributed by atoms with van der Waals surface area (Å²) in [5, 5.41) is 8.02. The van der Waals surface area contributed by atoms with Gasteiger partial charge in [-0.05, 0) is 12.1 Å². The summed E-state index contributed by atoms with van der Waals surface area (Å²) < 4.78 is 30.8. The van der Waals surface area contributed by atoms with E-state index in [0.29, 0.717) is 10.7 Å². The van der Waals surface area contributed by atoms with E-state index in [-0.39, 0.29) is 23.1 Å². The standard InChI is InChI=1S/C15H13F2N5O2S/c1-22-13-9(6-20-22)14(19-8-18-13)25-7-12(23)21-10-4-2-3-5-11(10)24-15(16)17/h2-6,8,15H,7H2,1H3,(H,21,23). The van der Waals surface area contributed by atoms with Crippen LogP contribution in [-0.4, -0.2) is 38.0 Å². The number of amides is 1. The molecule has 0 aliphatic rings. The van der Waals surface area contributed by atoms with Crippen LogP contribution in [0.15, 0.2) is 41.8 Å². The number of alkyl halides is 2. The van der Waals surface area contributed by atoms with E-state index in [0.717, 1.165) is 5.39 Å². The number of aromatic nitrogens is 4. The number of benzene rings is 1. The van der Waals surface area contributed by atoms with Crippen molar-refractivity contribution in [2.45, 2.75) is 11.6 Å². The lowest BCUT2D eigenvalue weighted by Gasteiger charge is -2.11. The molecule has 7 nitrogen and oxygen atoms in total. The number of fused-ring (bicyclic) bond motifs is 1. The second-order valence-electron chi connectivity index (χ2n) is 4.90. The van der Waals surface area contributed by atoms with E-state index in [9.17, 15) is 13.6 Å². The predicted molar refractivity (Wildman–Crippen MR) is 88.7 cm³/mol. The summed E-state index contributed by atoms with van der Waals surface area (Å²) in [6, 6.07) is 6.01. The smallest absolute Gasteiger partial charge is 0.387 e. The molecule has 0 aliphatic carbocycles. The van der Waals surface area contributed by atoms with Gasteiger partial charge in [0, 0.05) is 7.05 Å². The summed E-state index contributed by atoms with van der Waals surface area (Å²) in [6.45, 7) is -2.97. The Morgan fingerprint density at radius 3 is 2.96 bits per heavy atom. The molecule has 0 unspecified atom stereocenters. The average Bonchev–Trinajstić information content (AvgIpc) is 2.96. The number of para-hydroxylation sites is 2. The molecule has 0 spiro atoms. The van der Waals surface area contributed by atoms with Gasteiger partial charge in [0.1, 0.15) is 17.1 Å². The number of halogens is 2. The zero-order valence-corrected chi connectivity index (χ0v) is 13.8. The van der Waals surface area contributed by atoms with E-state index in [1.54, 1.807) is 30.1 Å². The van der Waals surface area contributed by atoms with Crippen LogP contribution >= 0.6 is 11.8 Å². The Morgan fingerprint density at radius 1 is 1.36 bits per heavy atom. The summed E-state index contributed by atoms with van der Waals surface area (Å²) in [7, 11) is 1.76. The van der Waals surface area contributed by atoms with Gasteiger partial charge >= 0.3 is 6.61 Å². The van der Waals surface area contributed by atoms with E-state index < -0.39 is 6.61 Å². The normalized spacial score (nSPS) is 11.0. The first-order valence-electron chi connectivity index (χ1n) is 7.14. The maximum atomic E-state index is 12.4. The molecule has 0 radical (unpaired) electrons. The molecule has 1 amide bonds. The van der Waals surface area contributed by atoms with E-state index in [4.69, 9.17) is 0 Å². The lowest BCUT2D eigenvalue weighted by Crippen LogP contribution is -2.15. The van der Waals surface area contributed by atoms with Crippen LogP contribution in [-0.2, 0) is 11.8 Å². The quantitative estimate of drug-likeness (QED) is 0.534. The predicted octanol–water partition coefficient (Wildman–Crippen LogP) is 2.70. The molecule has 3 rings (SSSR count). The van der Waals surface area contributed by atoms with Crippen LogP contribution in [0.3, 0.4) is 0 Å². The third-order valence-corrected chi connectivity index (χ3v) is 4.22. The summed E-state index contributed by atoms with van der Waals surface area (Å²) >= 11 is 1.20. The number of ether oxygens (including phenoxy) is 1. The molecular formula is C15H13F2N5O2S. The SMILES string of the molecule is Cn1ncc2c(SCC(=O)Nc3ccccc3OC(F)F)ncnc21. The van der Waals surface area contributed by atoms with Crippen LogP contribution in [0.2, 0.25) is 0 Å². The molecule has 2 heterocycles. The van der Waals surface area contributed by atoms with Crippen molar-refractivity contribution in [3.05, 3.63) is 36.8 Å².